The number of hydrogen-bond donors (Lipinski definition) is 1. The van der Waals surface area contributed by atoms with E-state index in [1.807, 2.05) is 12.1 Å². The molecule has 2 fully saturated rings. The Morgan fingerprint density at radius 3 is 3.10 bits per heavy atom. The molecule has 2 aliphatic rings. The third-order valence-corrected chi connectivity index (χ3v) is 4.86. The lowest BCUT2D eigenvalue weighted by Crippen LogP contribution is -2.31. The van der Waals surface area contributed by atoms with E-state index in [4.69, 9.17) is 8.94 Å². The van der Waals surface area contributed by atoms with Crippen molar-refractivity contribution < 1.29 is 8.94 Å². The summed E-state index contributed by atoms with van der Waals surface area (Å²) in [5.41, 5.74) is 0.0507. The maximum Gasteiger partial charge on any atom is 0.238 e. The van der Waals surface area contributed by atoms with E-state index in [2.05, 4.69) is 31.4 Å². The van der Waals surface area contributed by atoms with Gasteiger partial charge in [-0.2, -0.15) is 4.98 Å². The minimum Gasteiger partial charge on any atom is -0.446 e. The van der Waals surface area contributed by atoms with Gasteiger partial charge in [-0.25, -0.2) is 0 Å². The molecule has 3 heterocycles. The molecular weight excluding hydrogens is 346 g/mol. The molecule has 1 aliphatic heterocycles. The summed E-state index contributed by atoms with van der Waals surface area (Å²) in [6, 6.07) is 3.68. The first kappa shape index (κ1) is 14.1. The summed E-state index contributed by atoms with van der Waals surface area (Å²) in [5, 5.41) is 7.53. The molecule has 2 aromatic rings. The Labute approximate surface area is 131 Å². The van der Waals surface area contributed by atoms with Crippen LogP contribution in [-0.2, 0) is 5.41 Å². The number of aromatic nitrogens is 2. The summed E-state index contributed by atoms with van der Waals surface area (Å²) >= 11 is 3.28. The van der Waals surface area contributed by atoms with Gasteiger partial charge in [-0.3, -0.25) is 0 Å². The molecule has 0 bridgehead atoms. The van der Waals surface area contributed by atoms with E-state index in [1.165, 1.54) is 12.8 Å². The van der Waals surface area contributed by atoms with Gasteiger partial charge in [-0.1, -0.05) is 11.6 Å². The second kappa shape index (κ2) is 5.16. The first-order valence-electron chi connectivity index (χ1n) is 6.58. The van der Waals surface area contributed by atoms with Crippen molar-refractivity contribution in [3.8, 4) is 11.6 Å². The highest BCUT2D eigenvalue weighted by Gasteiger charge is 2.51. The molecule has 0 radical (unpaired) electrons. The van der Waals surface area contributed by atoms with Crippen molar-refractivity contribution in [1.29, 1.82) is 0 Å². The van der Waals surface area contributed by atoms with Gasteiger partial charge in [-0.15, -0.1) is 12.4 Å². The molecule has 1 saturated carbocycles. The molecule has 108 valence electrons. The van der Waals surface area contributed by atoms with E-state index in [1.54, 1.807) is 0 Å². The summed E-state index contributed by atoms with van der Waals surface area (Å²) in [7, 11) is 0. The van der Waals surface area contributed by atoms with E-state index in [0.29, 0.717) is 22.2 Å². The Balaban J connectivity index is 0.00000121. The number of nitrogens with zero attached hydrogens (tertiary/aromatic N) is 2. The molecule has 0 amide bonds. The average molecular weight is 361 g/mol. The molecule has 1 N–H and O–H groups in total. The Morgan fingerprint density at radius 1 is 1.40 bits per heavy atom. The zero-order valence-electron chi connectivity index (χ0n) is 10.8. The quantitative estimate of drug-likeness (QED) is 0.891. The van der Waals surface area contributed by atoms with Crippen LogP contribution in [0.3, 0.4) is 0 Å². The van der Waals surface area contributed by atoms with E-state index in [9.17, 15) is 0 Å². The van der Waals surface area contributed by atoms with Gasteiger partial charge >= 0.3 is 0 Å². The lowest BCUT2D eigenvalue weighted by Gasteiger charge is -2.22. The van der Waals surface area contributed by atoms with Crippen molar-refractivity contribution >= 4 is 28.3 Å². The summed E-state index contributed by atoms with van der Waals surface area (Å²) in [6.07, 6.45) is 3.63. The first-order chi connectivity index (χ1) is 9.28. The molecule has 0 spiro atoms. The van der Waals surface area contributed by atoms with Crippen molar-refractivity contribution in [2.45, 2.75) is 24.7 Å². The predicted octanol–water partition coefficient (Wildman–Crippen LogP) is 3.16. The van der Waals surface area contributed by atoms with Crippen molar-refractivity contribution in [2.24, 2.45) is 5.92 Å². The van der Waals surface area contributed by atoms with Crippen LogP contribution in [0, 0.1) is 5.92 Å². The fraction of sp³-hybridized carbons (Fsp3) is 0.538. The van der Waals surface area contributed by atoms with Gasteiger partial charge in [0.2, 0.25) is 11.7 Å². The fourth-order valence-electron chi connectivity index (χ4n) is 3.46. The second-order valence-corrected chi connectivity index (χ2v) is 6.18. The van der Waals surface area contributed by atoms with Crippen LogP contribution in [0.15, 0.2) is 25.7 Å². The standard InChI is InChI=1S/C13H14BrN3O2.ClH/c14-10-4-3-9(18-10)11-16-12(19-17-11)13-5-1-2-8(13)6-15-7-13;/h3-4,8,15H,1-2,5-7H2;1H/t8-,13-;/m1./s1. The van der Waals surface area contributed by atoms with Crippen molar-refractivity contribution in [2.75, 3.05) is 13.1 Å². The zero-order valence-corrected chi connectivity index (χ0v) is 13.2. The van der Waals surface area contributed by atoms with Gasteiger partial charge in [0.05, 0.1) is 5.41 Å². The molecule has 20 heavy (non-hydrogen) atoms. The van der Waals surface area contributed by atoms with Crippen LogP contribution in [0.25, 0.3) is 11.6 Å². The van der Waals surface area contributed by atoms with Crippen LogP contribution in [-0.4, -0.2) is 23.2 Å². The van der Waals surface area contributed by atoms with Crippen LogP contribution >= 0.6 is 28.3 Å². The minimum atomic E-state index is 0. The maximum atomic E-state index is 5.54. The van der Waals surface area contributed by atoms with Crippen molar-refractivity contribution in [1.82, 2.24) is 15.5 Å². The molecule has 2 atom stereocenters. The highest BCUT2D eigenvalue weighted by Crippen LogP contribution is 2.47. The predicted molar refractivity (Wildman–Crippen MR) is 78.8 cm³/mol. The second-order valence-electron chi connectivity index (χ2n) is 5.40. The van der Waals surface area contributed by atoms with E-state index in [0.717, 1.165) is 25.4 Å². The number of rotatable bonds is 2. The summed E-state index contributed by atoms with van der Waals surface area (Å²) in [6.45, 7) is 2.01. The molecule has 4 rings (SSSR count). The number of nitrogens with one attached hydrogen (secondary N) is 1. The zero-order chi connectivity index (χ0) is 12.9. The van der Waals surface area contributed by atoms with Gasteiger partial charge < -0.3 is 14.3 Å². The highest BCUT2D eigenvalue weighted by molar-refractivity contribution is 9.10. The van der Waals surface area contributed by atoms with Crippen LogP contribution < -0.4 is 5.32 Å². The van der Waals surface area contributed by atoms with Gasteiger partial charge in [0.1, 0.15) is 0 Å². The van der Waals surface area contributed by atoms with Gasteiger partial charge in [-0.05, 0) is 53.4 Å². The summed E-state index contributed by atoms with van der Waals surface area (Å²) in [5.74, 6) is 2.57. The summed E-state index contributed by atoms with van der Waals surface area (Å²) < 4.78 is 11.7. The molecule has 7 heteroatoms. The van der Waals surface area contributed by atoms with Crippen LogP contribution in [0.1, 0.15) is 25.2 Å². The van der Waals surface area contributed by atoms with Crippen LogP contribution in [0.2, 0.25) is 0 Å². The Hall–Kier alpha value is -0.850. The molecule has 1 aliphatic carbocycles. The Morgan fingerprint density at radius 2 is 2.30 bits per heavy atom. The smallest absolute Gasteiger partial charge is 0.238 e. The lowest BCUT2D eigenvalue weighted by atomic mass is 9.80. The van der Waals surface area contributed by atoms with Crippen LogP contribution in [0.5, 0.6) is 0 Å². The number of halogens is 2. The third kappa shape index (κ3) is 2.01. The maximum absolute atomic E-state index is 5.54. The molecular formula is C13H15BrClN3O2. The number of fused-ring (bicyclic) bond motifs is 1. The SMILES string of the molecule is Brc1ccc(-c2noc([C@@]34CCC[C@@H]3CNC4)n2)o1.Cl. The largest absolute Gasteiger partial charge is 0.446 e. The van der Waals surface area contributed by atoms with E-state index < -0.39 is 0 Å². The molecule has 2 aromatic heterocycles. The Kier molecular flexibility index (Phi) is 3.64. The Bertz CT molecular complexity index is 602. The molecule has 0 unspecified atom stereocenters. The van der Waals surface area contributed by atoms with E-state index in [-0.39, 0.29) is 17.8 Å². The summed E-state index contributed by atoms with van der Waals surface area (Å²) in [4.78, 5) is 4.58. The molecule has 5 nitrogen and oxygen atoms in total. The number of hydrogen-bond acceptors (Lipinski definition) is 5. The number of furan rings is 1. The van der Waals surface area contributed by atoms with Crippen molar-refractivity contribution in [3.05, 3.63) is 22.7 Å². The van der Waals surface area contributed by atoms with Gasteiger partial charge in [0.15, 0.2) is 10.4 Å². The minimum absolute atomic E-state index is 0. The average Bonchev–Trinajstić information content (AvgIpc) is 3.10. The van der Waals surface area contributed by atoms with Crippen molar-refractivity contribution in [3.63, 3.8) is 0 Å². The third-order valence-electron chi connectivity index (χ3n) is 4.43. The highest BCUT2D eigenvalue weighted by atomic mass is 79.9. The first-order valence-corrected chi connectivity index (χ1v) is 7.38. The fourth-order valence-corrected chi connectivity index (χ4v) is 3.77. The van der Waals surface area contributed by atoms with E-state index >= 15 is 0 Å². The van der Waals surface area contributed by atoms with Gasteiger partial charge in [0, 0.05) is 6.54 Å². The van der Waals surface area contributed by atoms with Crippen LogP contribution in [0.4, 0.5) is 0 Å². The lowest BCUT2D eigenvalue weighted by molar-refractivity contribution is 0.265. The topological polar surface area (TPSA) is 64.1 Å². The molecule has 1 saturated heterocycles. The molecule has 0 aromatic carbocycles. The monoisotopic (exact) mass is 359 g/mol. The normalized spacial score (nSPS) is 28.4. The van der Waals surface area contributed by atoms with Gasteiger partial charge in [0.25, 0.3) is 0 Å².